The number of carbonyl (C=O) groups excluding carboxylic acids is 1. The molecule has 0 saturated carbocycles. The maximum Gasteiger partial charge on any atom is 0.257 e. The van der Waals surface area contributed by atoms with Crippen LogP contribution in [0.25, 0.3) is 0 Å². The summed E-state index contributed by atoms with van der Waals surface area (Å²) >= 11 is 0. The molecule has 4 nitrogen and oxygen atoms in total. The van der Waals surface area contributed by atoms with E-state index in [4.69, 9.17) is 9.84 Å². The summed E-state index contributed by atoms with van der Waals surface area (Å²) in [7, 11) is 0. The van der Waals surface area contributed by atoms with Crippen molar-refractivity contribution in [1.82, 2.24) is 5.32 Å². The first-order chi connectivity index (χ1) is 9.63. The minimum Gasteiger partial charge on any atom is -0.484 e. The molecule has 112 valence electrons. The molecule has 1 aromatic carbocycles. The van der Waals surface area contributed by atoms with E-state index >= 15 is 0 Å². The lowest BCUT2D eigenvalue weighted by Gasteiger charge is -2.10. The highest BCUT2D eigenvalue weighted by molar-refractivity contribution is 5.77. The summed E-state index contributed by atoms with van der Waals surface area (Å²) in [5.41, 5.74) is 1.20. The van der Waals surface area contributed by atoms with Crippen molar-refractivity contribution in [3.05, 3.63) is 29.8 Å². The van der Waals surface area contributed by atoms with Crippen molar-refractivity contribution in [3.8, 4) is 5.75 Å². The molecule has 0 saturated heterocycles. The molecular weight excluding hydrogens is 254 g/mol. The van der Waals surface area contributed by atoms with Crippen molar-refractivity contribution >= 4 is 5.91 Å². The van der Waals surface area contributed by atoms with E-state index in [0.717, 1.165) is 25.0 Å². The fraction of sp³-hybridized carbons (Fsp3) is 0.562. The SMILES string of the molecule is CC(C)c1cccc(OCC(=O)NCCCCCO)c1. The second-order valence-corrected chi connectivity index (χ2v) is 5.15. The average Bonchev–Trinajstić information content (AvgIpc) is 2.45. The number of aliphatic hydroxyl groups excluding tert-OH is 1. The van der Waals surface area contributed by atoms with Gasteiger partial charge in [-0.3, -0.25) is 4.79 Å². The summed E-state index contributed by atoms with van der Waals surface area (Å²) in [6.45, 7) is 5.13. The summed E-state index contributed by atoms with van der Waals surface area (Å²) < 4.78 is 5.48. The van der Waals surface area contributed by atoms with Gasteiger partial charge in [0.1, 0.15) is 5.75 Å². The van der Waals surface area contributed by atoms with Gasteiger partial charge in [0.25, 0.3) is 5.91 Å². The molecule has 2 N–H and O–H groups in total. The van der Waals surface area contributed by atoms with E-state index in [0.29, 0.717) is 12.5 Å². The lowest BCUT2D eigenvalue weighted by atomic mass is 10.0. The fourth-order valence-electron chi connectivity index (χ4n) is 1.80. The predicted octanol–water partition coefficient (Wildman–Crippen LogP) is 2.47. The third-order valence-electron chi connectivity index (χ3n) is 3.05. The summed E-state index contributed by atoms with van der Waals surface area (Å²) in [4.78, 5) is 11.6. The van der Waals surface area contributed by atoms with Gasteiger partial charge in [-0.25, -0.2) is 0 Å². The summed E-state index contributed by atoms with van der Waals surface area (Å²) in [6, 6.07) is 7.83. The monoisotopic (exact) mass is 279 g/mol. The van der Waals surface area contributed by atoms with Crippen LogP contribution in [0.3, 0.4) is 0 Å². The smallest absolute Gasteiger partial charge is 0.257 e. The molecule has 1 amide bonds. The largest absolute Gasteiger partial charge is 0.484 e. The van der Waals surface area contributed by atoms with Crippen LogP contribution in [0.5, 0.6) is 5.75 Å². The zero-order valence-electron chi connectivity index (χ0n) is 12.4. The Morgan fingerprint density at radius 3 is 2.80 bits per heavy atom. The highest BCUT2D eigenvalue weighted by Crippen LogP contribution is 2.19. The van der Waals surface area contributed by atoms with Crippen LogP contribution >= 0.6 is 0 Å². The highest BCUT2D eigenvalue weighted by Gasteiger charge is 2.04. The van der Waals surface area contributed by atoms with Crippen molar-refractivity contribution in [1.29, 1.82) is 0 Å². The number of ether oxygens (including phenoxy) is 1. The second-order valence-electron chi connectivity index (χ2n) is 5.15. The molecular formula is C16H25NO3. The van der Waals surface area contributed by atoms with E-state index in [9.17, 15) is 4.79 Å². The number of unbranched alkanes of at least 4 members (excludes halogenated alkanes) is 2. The van der Waals surface area contributed by atoms with Crippen LogP contribution in [0, 0.1) is 0 Å². The summed E-state index contributed by atoms with van der Waals surface area (Å²) in [5, 5.41) is 11.4. The third kappa shape index (κ3) is 6.57. The van der Waals surface area contributed by atoms with Crippen LogP contribution in [0.2, 0.25) is 0 Å². The van der Waals surface area contributed by atoms with Crippen molar-refractivity contribution in [2.75, 3.05) is 19.8 Å². The van der Waals surface area contributed by atoms with E-state index in [-0.39, 0.29) is 19.1 Å². The number of benzene rings is 1. The number of hydrogen-bond donors (Lipinski definition) is 2. The first-order valence-corrected chi connectivity index (χ1v) is 7.24. The van der Waals surface area contributed by atoms with Crippen LogP contribution in [0.1, 0.15) is 44.6 Å². The van der Waals surface area contributed by atoms with E-state index < -0.39 is 0 Å². The van der Waals surface area contributed by atoms with Gasteiger partial charge < -0.3 is 15.2 Å². The van der Waals surface area contributed by atoms with E-state index in [1.165, 1.54) is 5.56 Å². The average molecular weight is 279 g/mol. The molecule has 0 aromatic heterocycles. The predicted molar refractivity (Wildman–Crippen MR) is 80.0 cm³/mol. The van der Waals surface area contributed by atoms with Gasteiger partial charge in [-0.15, -0.1) is 0 Å². The third-order valence-corrected chi connectivity index (χ3v) is 3.05. The summed E-state index contributed by atoms with van der Waals surface area (Å²) in [5.74, 6) is 1.06. The molecule has 1 rings (SSSR count). The first kappa shape index (κ1) is 16.5. The van der Waals surface area contributed by atoms with Crippen LogP contribution in [0.15, 0.2) is 24.3 Å². The van der Waals surface area contributed by atoms with Gasteiger partial charge in [0.05, 0.1) is 0 Å². The molecule has 0 fully saturated rings. The quantitative estimate of drug-likeness (QED) is 0.683. The molecule has 0 atom stereocenters. The molecule has 0 aliphatic heterocycles. The van der Waals surface area contributed by atoms with Crippen LogP contribution in [-0.2, 0) is 4.79 Å². The number of aliphatic hydroxyl groups is 1. The van der Waals surface area contributed by atoms with Gasteiger partial charge in [-0.1, -0.05) is 26.0 Å². The van der Waals surface area contributed by atoms with Crippen molar-refractivity contribution in [3.63, 3.8) is 0 Å². The lowest BCUT2D eigenvalue weighted by molar-refractivity contribution is -0.123. The molecule has 1 aromatic rings. The van der Waals surface area contributed by atoms with E-state index in [1.54, 1.807) is 0 Å². The zero-order chi connectivity index (χ0) is 14.8. The van der Waals surface area contributed by atoms with Crippen molar-refractivity contribution in [2.45, 2.75) is 39.0 Å². The van der Waals surface area contributed by atoms with Gasteiger partial charge in [-0.2, -0.15) is 0 Å². The number of carbonyl (C=O) groups is 1. The van der Waals surface area contributed by atoms with Gasteiger partial charge in [0.15, 0.2) is 6.61 Å². The molecule has 0 aliphatic carbocycles. The standard InChI is InChI=1S/C16H25NO3/c1-13(2)14-7-6-8-15(11-14)20-12-16(19)17-9-4-3-5-10-18/h6-8,11,13,18H,3-5,9-10,12H2,1-2H3,(H,17,19). The maximum atomic E-state index is 11.6. The van der Waals surface area contributed by atoms with Crippen LogP contribution < -0.4 is 10.1 Å². The fourth-order valence-corrected chi connectivity index (χ4v) is 1.80. The Hall–Kier alpha value is -1.55. The Morgan fingerprint density at radius 2 is 2.10 bits per heavy atom. The van der Waals surface area contributed by atoms with Gasteiger partial charge in [0, 0.05) is 13.2 Å². The van der Waals surface area contributed by atoms with E-state index in [1.807, 2.05) is 18.2 Å². The van der Waals surface area contributed by atoms with Crippen LogP contribution in [-0.4, -0.2) is 30.8 Å². The zero-order valence-corrected chi connectivity index (χ0v) is 12.4. The Balaban J connectivity index is 2.25. The molecule has 0 unspecified atom stereocenters. The second kappa shape index (κ2) is 9.37. The molecule has 20 heavy (non-hydrogen) atoms. The Bertz CT molecular complexity index is 404. The van der Waals surface area contributed by atoms with Gasteiger partial charge in [0.2, 0.25) is 0 Å². The van der Waals surface area contributed by atoms with Crippen LogP contribution in [0.4, 0.5) is 0 Å². The number of rotatable bonds is 9. The molecule has 0 radical (unpaired) electrons. The lowest BCUT2D eigenvalue weighted by Crippen LogP contribution is -2.29. The maximum absolute atomic E-state index is 11.6. The minimum atomic E-state index is -0.107. The van der Waals surface area contributed by atoms with Crippen molar-refractivity contribution < 1.29 is 14.6 Å². The Kier molecular flexibility index (Phi) is 7.73. The van der Waals surface area contributed by atoms with Gasteiger partial charge in [-0.05, 0) is 42.9 Å². The Labute approximate surface area is 121 Å². The summed E-state index contributed by atoms with van der Waals surface area (Å²) in [6.07, 6.45) is 2.59. The first-order valence-electron chi connectivity index (χ1n) is 7.24. The van der Waals surface area contributed by atoms with Crippen molar-refractivity contribution in [2.24, 2.45) is 0 Å². The Morgan fingerprint density at radius 1 is 1.30 bits per heavy atom. The molecule has 0 heterocycles. The number of nitrogens with one attached hydrogen (secondary N) is 1. The normalized spacial score (nSPS) is 10.6. The molecule has 4 heteroatoms. The molecule has 0 bridgehead atoms. The van der Waals surface area contributed by atoms with E-state index in [2.05, 4.69) is 25.2 Å². The number of amides is 1. The van der Waals surface area contributed by atoms with Gasteiger partial charge >= 0.3 is 0 Å². The molecule has 0 aliphatic rings. The topological polar surface area (TPSA) is 58.6 Å². The number of hydrogen-bond acceptors (Lipinski definition) is 3. The highest BCUT2D eigenvalue weighted by atomic mass is 16.5. The molecule has 0 spiro atoms. The minimum absolute atomic E-state index is 0.0432.